The Labute approximate surface area is 200 Å². The Bertz CT molecular complexity index is 1140. The van der Waals surface area contributed by atoms with Crippen molar-refractivity contribution >= 4 is 29.3 Å². The third-order valence-corrected chi connectivity index (χ3v) is 5.52. The van der Waals surface area contributed by atoms with Crippen molar-refractivity contribution in [2.75, 3.05) is 7.11 Å². The molecule has 1 saturated heterocycles. The summed E-state index contributed by atoms with van der Waals surface area (Å²) < 4.78 is 5.18. The second-order valence-electron chi connectivity index (χ2n) is 8.00. The molecule has 3 atom stereocenters. The number of nitro groups is 1. The van der Waals surface area contributed by atoms with Gasteiger partial charge in [-0.2, -0.15) is 0 Å². The van der Waals surface area contributed by atoms with Gasteiger partial charge in [0.15, 0.2) is 0 Å². The fourth-order valence-corrected chi connectivity index (χ4v) is 3.73. The van der Waals surface area contributed by atoms with Crippen LogP contribution < -0.4 is 26.4 Å². The van der Waals surface area contributed by atoms with Crippen molar-refractivity contribution in [3.8, 4) is 5.75 Å². The quantitative estimate of drug-likeness (QED) is 0.265. The lowest BCUT2D eigenvalue weighted by Crippen LogP contribution is -2.63. The van der Waals surface area contributed by atoms with Crippen LogP contribution in [0.3, 0.4) is 0 Å². The predicted octanol–water partition coefficient (Wildman–Crippen LogP) is -0.268. The lowest BCUT2D eigenvalue weighted by atomic mass is 10.00. The third-order valence-electron chi connectivity index (χ3n) is 5.52. The number of methoxy groups -OCH3 is 1. The highest BCUT2D eigenvalue weighted by Gasteiger charge is 2.35. The highest BCUT2D eigenvalue weighted by atomic mass is 16.6. The fourth-order valence-electron chi connectivity index (χ4n) is 3.73. The Balaban J connectivity index is 1.62. The molecule has 12 nitrogen and oxygen atoms in total. The van der Waals surface area contributed by atoms with Gasteiger partial charge in [-0.3, -0.25) is 29.3 Å². The Hall–Kier alpha value is -4.48. The number of rotatable bonds is 10. The molecule has 0 aliphatic carbocycles. The second kappa shape index (κ2) is 11.1. The SMILES string of the molecule is COc1ccc([N+](=O)[O-])cc1C[C@@H](NC(=O)C[C@@H]1NC(=O)[C@H](Cc2ccccc2)NC1=O)C(N)=O. The molecule has 1 fully saturated rings. The molecule has 184 valence electrons. The van der Waals surface area contributed by atoms with Gasteiger partial charge < -0.3 is 26.4 Å². The van der Waals surface area contributed by atoms with Gasteiger partial charge >= 0.3 is 0 Å². The lowest BCUT2D eigenvalue weighted by molar-refractivity contribution is -0.384. The molecule has 1 aliphatic heterocycles. The van der Waals surface area contributed by atoms with E-state index >= 15 is 0 Å². The Morgan fingerprint density at radius 2 is 1.77 bits per heavy atom. The molecule has 0 radical (unpaired) electrons. The number of non-ortho nitro benzene ring substituents is 1. The first kappa shape index (κ1) is 25.1. The monoisotopic (exact) mass is 483 g/mol. The topological polar surface area (TPSA) is 183 Å². The number of piperazine rings is 1. The van der Waals surface area contributed by atoms with Gasteiger partial charge in [0.2, 0.25) is 23.6 Å². The number of carbonyl (C=O) groups excluding carboxylic acids is 4. The van der Waals surface area contributed by atoms with Crippen molar-refractivity contribution in [1.82, 2.24) is 16.0 Å². The van der Waals surface area contributed by atoms with E-state index in [-0.39, 0.29) is 17.9 Å². The minimum atomic E-state index is -1.23. The molecule has 2 aromatic carbocycles. The van der Waals surface area contributed by atoms with Crippen molar-refractivity contribution in [3.63, 3.8) is 0 Å². The third kappa shape index (κ3) is 6.53. The van der Waals surface area contributed by atoms with Crippen molar-refractivity contribution in [3.05, 3.63) is 69.8 Å². The molecule has 0 spiro atoms. The van der Waals surface area contributed by atoms with E-state index < -0.39 is 53.1 Å². The van der Waals surface area contributed by atoms with E-state index in [1.165, 1.54) is 25.3 Å². The van der Waals surface area contributed by atoms with Crippen molar-refractivity contribution < 1.29 is 28.8 Å². The molecule has 35 heavy (non-hydrogen) atoms. The van der Waals surface area contributed by atoms with Crippen molar-refractivity contribution in [2.24, 2.45) is 5.73 Å². The molecule has 2 aromatic rings. The highest BCUT2D eigenvalue weighted by molar-refractivity contribution is 5.99. The Morgan fingerprint density at radius 3 is 2.40 bits per heavy atom. The number of carbonyl (C=O) groups is 4. The summed E-state index contributed by atoms with van der Waals surface area (Å²) in [5.41, 5.74) is 6.35. The maximum Gasteiger partial charge on any atom is 0.269 e. The Morgan fingerprint density at radius 1 is 1.11 bits per heavy atom. The number of nitrogens with one attached hydrogen (secondary N) is 3. The smallest absolute Gasteiger partial charge is 0.269 e. The van der Waals surface area contributed by atoms with Gasteiger partial charge in [0, 0.05) is 30.5 Å². The average molecular weight is 483 g/mol. The second-order valence-corrected chi connectivity index (χ2v) is 8.00. The number of ether oxygens (including phenoxy) is 1. The van der Waals surface area contributed by atoms with E-state index in [9.17, 15) is 29.3 Å². The summed E-state index contributed by atoms with van der Waals surface area (Å²) in [7, 11) is 1.36. The molecular weight excluding hydrogens is 458 g/mol. The first-order chi connectivity index (χ1) is 16.7. The molecule has 1 heterocycles. The van der Waals surface area contributed by atoms with Gasteiger partial charge in [-0.15, -0.1) is 0 Å². The largest absolute Gasteiger partial charge is 0.496 e. The maximum atomic E-state index is 12.6. The van der Waals surface area contributed by atoms with Crippen LogP contribution in [0.5, 0.6) is 5.75 Å². The summed E-state index contributed by atoms with van der Waals surface area (Å²) in [5, 5.41) is 18.7. The highest BCUT2D eigenvalue weighted by Crippen LogP contribution is 2.25. The summed E-state index contributed by atoms with van der Waals surface area (Å²) >= 11 is 0. The first-order valence-corrected chi connectivity index (χ1v) is 10.7. The van der Waals surface area contributed by atoms with Gasteiger partial charge in [-0.05, 0) is 11.6 Å². The van der Waals surface area contributed by atoms with Gasteiger partial charge in [0.25, 0.3) is 5.69 Å². The number of hydrogen-bond donors (Lipinski definition) is 4. The van der Waals surface area contributed by atoms with E-state index in [0.29, 0.717) is 12.0 Å². The van der Waals surface area contributed by atoms with Crippen LogP contribution in [0.2, 0.25) is 0 Å². The number of nitro benzene ring substituents is 1. The minimum absolute atomic E-state index is 0.172. The lowest BCUT2D eigenvalue weighted by Gasteiger charge is -2.29. The number of primary amides is 1. The minimum Gasteiger partial charge on any atom is -0.496 e. The van der Waals surface area contributed by atoms with E-state index in [0.717, 1.165) is 5.56 Å². The predicted molar refractivity (Wildman–Crippen MR) is 123 cm³/mol. The zero-order valence-electron chi connectivity index (χ0n) is 18.9. The van der Waals surface area contributed by atoms with Gasteiger partial charge in [0.05, 0.1) is 18.5 Å². The molecule has 1 aliphatic rings. The fraction of sp³-hybridized carbons (Fsp3) is 0.304. The summed E-state index contributed by atoms with van der Waals surface area (Å²) in [5.74, 6) is -2.28. The Kier molecular flexibility index (Phi) is 7.97. The van der Waals surface area contributed by atoms with E-state index in [2.05, 4.69) is 16.0 Å². The number of nitrogens with two attached hydrogens (primary N) is 1. The van der Waals surface area contributed by atoms with Crippen LogP contribution >= 0.6 is 0 Å². The van der Waals surface area contributed by atoms with Crippen LogP contribution in [0.15, 0.2) is 48.5 Å². The summed E-state index contributed by atoms with van der Waals surface area (Å²) in [6.07, 6.45) is -0.300. The van der Waals surface area contributed by atoms with Gasteiger partial charge in [-0.1, -0.05) is 30.3 Å². The molecule has 3 rings (SSSR count). The molecule has 0 aromatic heterocycles. The van der Waals surface area contributed by atoms with E-state index in [1.54, 1.807) is 0 Å². The molecule has 4 amide bonds. The summed E-state index contributed by atoms with van der Waals surface area (Å²) in [4.78, 5) is 60.0. The molecular formula is C23H25N5O7. The van der Waals surface area contributed by atoms with Crippen molar-refractivity contribution in [2.45, 2.75) is 37.4 Å². The molecule has 5 N–H and O–H groups in total. The zero-order chi connectivity index (χ0) is 25.5. The molecule has 12 heteroatoms. The van der Waals surface area contributed by atoms with Crippen LogP contribution in [0.1, 0.15) is 17.5 Å². The van der Waals surface area contributed by atoms with Crippen molar-refractivity contribution in [1.29, 1.82) is 0 Å². The first-order valence-electron chi connectivity index (χ1n) is 10.7. The van der Waals surface area contributed by atoms with E-state index in [1.807, 2.05) is 30.3 Å². The summed E-state index contributed by atoms with van der Waals surface area (Å²) in [6, 6.07) is 9.86. The average Bonchev–Trinajstić information content (AvgIpc) is 2.82. The standard InChI is InChI=1S/C23H25N5O7/c1-35-19-8-7-15(28(33)34)10-14(19)11-16(21(24)30)25-20(29)12-18-23(32)26-17(22(31)27-18)9-13-5-3-2-4-6-13/h2-8,10,16-18H,9,11-12H2,1H3,(H2,24,30)(H,25,29)(H,26,32)(H,27,31)/t16-,17+,18+/m1/s1. The van der Waals surface area contributed by atoms with Crippen LogP contribution in [0.25, 0.3) is 0 Å². The molecule has 0 bridgehead atoms. The van der Waals surface area contributed by atoms with Gasteiger partial charge in [0.1, 0.15) is 23.9 Å². The van der Waals surface area contributed by atoms with Crippen LogP contribution in [-0.4, -0.2) is 53.8 Å². The zero-order valence-corrected chi connectivity index (χ0v) is 18.9. The number of amides is 4. The van der Waals surface area contributed by atoms with E-state index in [4.69, 9.17) is 10.5 Å². The number of benzene rings is 2. The van der Waals surface area contributed by atoms with Crippen LogP contribution in [0.4, 0.5) is 5.69 Å². The summed E-state index contributed by atoms with van der Waals surface area (Å²) in [6.45, 7) is 0. The molecule has 0 unspecified atom stereocenters. The van der Waals surface area contributed by atoms with Crippen LogP contribution in [0, 0.1) is 10.1 Å². The normalized spacial score (nSPS) is 18.1. The van der Waals surface area contributed by atoms with Crippen LogP contribution in [-0.2, 0) is 32.0 Å². The number of hydrogen-bond acceptors (Lipinski definition) is 7. The maximum absolute atomic E-state index is 12.6. The number of nitrogens with zero attached hydrogens (tertiary/aromatic N) is 1. The molecule has 0 saturated carbocycles. The van der Waals surface area contributed by atoms with Gasteiger partial charge in [-0.25, -0.2) is 0 Å².